The predicted molar refractivity (Wildman–Crippen MR) is 82.0 cm³/mol. The predicted octanol–water partition coefficient (Wildman–Crippen LogP) is 5.25. The Bertz CT molecular complexity index is 480. The minimum atomic E-state index is 0.101. The van der Waals surface area contributed by atoms with Gasteiger partial charge in [-0.1, -0.05) is 31.9 Å². The van der Waals surface area contributed by atoms with Crippen molar-refractivity contribution in [1.82, 2.24) is 5.32 Å². The lowest BCUT2D eigenvalue weighted by molar-refractivity contribution is 0.385. The second-order valence-corrected chi connectivity index (χ2v) is 6.40. The van der Waals surface area contributed by atoms with Crippen LogP contribution in [0.2, 0.25) is 4.34 Å². The summed E-state index contributed by atoms with van der Waals surface area (Å²) in [5, 5.41) is 3.69. The fourth-order valence-corrected chi connectivity index (χ4v) is 3.36. The Morgan fingerprint density at radius 3 is 2.68 bits per heavy atom. The molecule has 0 bridgehead atoms. The van der Waals surface area contributed by atoms with E-state index in [9.17, 15) is 0 Å². The van der Waals surface area contributed by atoms with Gasteiger partial charge in [-0.05, 0) is 37.1 Å². The van der Waals surface area contributed by atoms with Crippen molar-refractivity contribution >= 4 is 22.9 Å². The highest BCUT2D eigenvalue weighted by molar-refractivity contribution is 7.16. The third-order valence-corrected chi connectivity index (χ3v) is 4.53. The molecule has 2 nitrogen and oxygen atoms in total. The smallest absolute Gasteiger partial charge is 0.126 e. The third kappa shape index (κ3) is 3.85. The van der Waals surface area contributed by atoms with Crippen LogP contribution in [0.4, 0.5) is 0 Å². The van der Waals surface area contributed by atoms with Crippen molar-refractivity contribution in [3.8, 4) is 0 Å². The molecule has 0 aliphatic heterocycles. The van der Waals surface area contributed by atoms with E-state index in [4.69, 9.17) is 16.0 Å². The van der Waals surface area contributed by atoms with Crippen LogP contribution in [-0.2, 0) is 0 Å². The first-order valence-electron chi connectivity index (χ1n) is 6.79. The molecule has 1 N–H and O–H groups in total. The molecule has 104 valence electrons. The quantitative estimate of drug-likeness (QED) is 0.755. The van der Waals surface area contributed by atoms with E-state index in [1.165, 1.54) is 17.7 Å². The van der Waals surface area contributed by atoms with Crippen LogP contribution in [0.1, 0.15) is 49.8 Å². The molecule has 0 fully saturated rings. The average molecular weight is 298 g/mol. The first-order valence-corrected chi connectivity index (χ1v) is 7.98. The second-order valence-electron chi connectivity index (χ2n) is 4.65. The lowest BCUT2D eigenvalue weighted by Crippen LogP contribution is -2.32. The van der Waals surface area contributed by atoms with Crippen LogP contribution < -0.4 is 5.32 Å². The molecule has 19 heavy (non-hydrogen) atoms. The summed E-state index contributed by atoms with van der Waals surface area (Å²) in [6.07, 6.45) is 5.19. The zero-order valence-electron chi connectivity index (χ0n) is 11.4. The summed E-state index contributed by atoms with van der Waals surface area (Å²) in [5.74, 6) is 0.952. The summed E-state index contributed by atoms with van der Waals surface area (Å²) in [4.78, 5) is 1.20. The molecule has 0 spiro atoms. The first kappa shape index (κ1) is 14.6. The molecule has 2 aromatic heterocycles. The molecule has 4 heteroatoms. The van der Waals surface area contributed by atoms with E-state index in [0.29, 0.717) is 6.04 Å². The highest BCUT2D eigenvalue weighted by atomic mass is 35.5. The molecule has 2 unspecified atom stereocenters. The molecule has 0 amide bonds. The van der Waals surface area contributed by atoms with Crippen LogP contribution in [0, 0.1) is 0 Å². The molecular formula is C15H20ClNOS. The van der Waals surface area contributed by atoms with Crippen LogP contribution in [-0.4, -0.2) is 6.04 Å². The van der Waals surface area contributed by atoms with Gasteiger partial charge in [0.1, 0.15) is 11.8 Å². The molecule has 0 saturated carbocycles. The van der Waals surface area contributed by atoms with Crippen molar-refractivity contribution in [2.45, 2.75) is 45.2 Å². The van der Waals surface area contributed by atoms with Gasteiger partial charge in [-0.25, -0.2) is 0 Å². The van der Waals surface area contributed by atoms with Crippen LogP contribution in [0.5, 0.6) is 0 Å². The van der Waals surface area contributed by atoms with Crippen molar-refractivity contribution in [3.05, 3.63) is 45.5 Å². The number of halogens is 1. The average Bonchev–Trinajstić information content (AvgIpc) is 3.06. The Balaban J connectivity index is 2.20. The van der Waals surface area contributed by atoms with Gasteiger partial charge in [-0.15, -0.1) is 11.3 Å². The summed E-state index contributed by atoms with van der Waals surface area (Å²) in [6, 6.07) is 8.57. The zero-order valence-corrected chi connectivity index (χ0v) is 12.9. The molecule has 0 saturated heterocycles. The molecule has 0 aliphatic carbocycles. The Hall–Kier alpha value is -0.770. The number of nitrogens with one attached hydrogen (secondary N) is 1. The molecule has 2 rings (SSSR count). The van der Waals surface area contributed by atoms with Crippen LogP contribution in [0.3, 0.4) is 0 Å². The number of furan rings is 1. The number of rotatable bonds is 7. The van der Waals surface area contributed by atoms with Gasteiger partial charge in [0, 0.05) is 10.9 Å². The lowest BCUT2D eigenvalue weighted by Gasteiger charge is -2.22. The maximum atomic E-state index is 6.06. The van der Waals surface area contributed by atoms with Crippen molar-refractivity contribution in [1.29, 1.82) is 0 Å². The normalized spacial score (nSPS) is 14.5. The van der Waals surface area contributed by atoms with Crippen molar-refractivity contribution in [2.75, 3.05) is 0 Å². The second kappa shape index (κ2) is 7.13. The van der Waals surface area contributed by atoms with E-state index < -0.39 is 0 Å². The molecular weight excluding hydrogens is 278 g/mol. The van der Waals surface area contributed by atoms with Crippen molar-refractivity contribution < 1.29 is 4.42 Å². The van der Waals surface area contributed by atoms with Gasteiger partial charge in [0.05, 0.1) is 10.6 Å². The molecule has 2 atom stereocenters. The lowest BCUT2D eigenvalue weighted by atomic mass is 10.1. The van der Waals surface area contributed by atoms with Crippen LogP contribution in [0.25, 0.3) is 0 Å². The Labute approximate surface area is 123 Å². The Kier molecular flexibility index (Phi) is 5.49. The van der Waals surface area contributed by atoms with Gasteiger partial charge in [-0.2, -0.15) is 0 Å². The maximum absolute atomic E-state index is 6.06. The van der Waals surface area contributed by atoms with E-state index in [1.54, 1.807) is 17.6 Å². The summed E-state index contributed by atoms with van der Waals surface area (Å²) in [6.45, 7) is 4.43. The molecule has 0 aliphatic rings. The summed E-state index contributed by atoms with van der Waals surface area (Å²) < 4.78 is 6.40. The first-order chi connectivity index (χ1) is 9.24. The summed E-state index contributed by atoms with van der Waals surface area (Å²) in [5.41, 5.74) is 0. The SMILES string of the molecule is CCCC(CC)NC(c1ccco1)c1ccc(Cl)s1. The van der Waals surface area contributed by atoms with Crippen LogP contribution in [0.15, 0.2) is 34.9 Å². The highest BCUT2D eigenvalue weighted by Crippen LogP contribution is 2.32. The van der Waals surface area contributed by atoms with Gasteiger partial charge >= 0.3 is 0 Å². The molecule has 2 aromatic rings. The van der Waals surface area contributed by atoms with E-state index in [0.717, 1.165) is 16.5 Å². The van der Waals surface area contributed by atoms with Crippen molar-refractivity contribution in [2.24, 2.45) is 0 Å². The fourth-order valence-electron chi connectivity index (χ4n) is 2.23. The Morgan fingerprint density at radius 2 is 2.16 bits per heavy atom. The third-order valence-electron chi connectivity index (χ3n) is 3.24. The monoisotopic (exact) mass is 297 g/mol. The number of hydrogen-bond donors (Lipinski definition) is 1. The zero-order chi connectivity index (χ0) is 13.7. The topological polar surface area (TPSA) is 25.2 Å². The van der Waals surface area contributed by atoms with Gasteiger partial charge in [-0.3, -0.25) is 0 Å². The maximum Gasteiger partial charge on any atom is 0.126 e. The number of thiophene rings is 1. The van der Waals surface area contributed by atoms with E-state index in [2.05, 4.69) is 25.2 Å². The standard InChI is InChI=1S/C15H20ClNOS/c1-3-6-11(4-2)17-15(12-7-5-10-18-12)13-8-9-14(16)19-13/h5,7-11,15,17H,3-4,6H2,1-2H3. The largest absolute Gasteiger partial charge is 0.467 e. The summed E-state index contributed by atoms with van der Waals surface area (Å²) in [7, 11) is 0. The fraction of sp³-hybridized carbons (Fsp3) is 0.467. The molecule has 2 heterocycles. The number of hydrogen-bond acceptors (Lipinski definition) is 3. The van der Waals surface area contributed by atoms with Gasteiger partial charge < -0.3 is 9.73 Å². The van der Waals surface area contributed by atoms with Crippen molar-refractivity contribution in [3.63, 3.8) is 0 Å². The van der Waals surface area contributed by atoms with Crippen LogP contribution >= 0.6 is 22.9 Å². The summed E-state index contributed by atoms with van der Waals surface area (Å²) >= 11 is 7.67. The van der Waals surface area contributed by atoms with Gasteiger partial charge in [0.15, 0.2) is 0 Å². The van der Waals surface area contributed by atoms with E-state index in [1.807, 2.05) is 18.2 Å². The highest BCUT2D eigenvalue weighted by Gasteiger charge is 2.21. The Morgan fingerprint density at radius 1 is 1.32 bits per heavy atom. The van der Waals surface area contributed by atoms with Gasteiger partial charge in [0.25, 0.3) is 0 Å². The minimum absolute atomic E-state index is 0.101. The molecule has 0 radical (unpaired) electrons. The minimum Gasteiger partial charge on any atom is -0.467 e. The molecule has 0 aromatic carbocycles. The van der Waals surface area contributed by atoms with Gasteiger partial charge in [0.2, 0.25) is 0 Å². The van der Waals surface area contributed by atoms with E-state index in [-0.39, 0.29) is 6.04 Å². The van der Waals surface area contributed by atoms with E-state index >= 15 is 0 Å².